The maximum atomic E-state index is 12.3. The van der Waals surface area contributed by atoms with E-state index in [0.717, 1.165) is 5.69 Å². The van der Waals surface area contributed by atoms with E-state index in [1.807, 2.05) is 41.9 Å². The van der Waals surface area contributed by atoms with Crippen LogP contribution in [0.15, 0.2) is 18.2 Å². The number of likely N-dealkylation sites (N-methyl/N-ethyl adjacent to an activating group) is 2. The second-order valence-corrected chi connectivity index (χ2v) is 7.78. The molecule has 3 rings (SSSR count). The van der Waals surface area contributed by atoms with Crippen molar-refractivity contribution in [1.29, 1.82) is 0 Å². The number of carbonyl (C=O) groups excluding carboxylic acids is 1. The van der Waals surface area contributed by atoms with Crippen LogP contribution in [0, 0.1) is 0 Å². The molecule has 6 heteroatoms. The fourth-order valence-corrected chi connectivity index (χ4v) is 2.96. The Morgan fingerprint density at radius 3 is 2.42 bits per heavy atom. The fourth-order valence-electron chi connectivity index (χ4n) is 2.96. The molecule has 1 amide bonds. The van der Waals surface area contributed by atoms with E-state index in [0.29, 0.717) is 13.1 Å². The van der Waals surface area contributed by atoms with E-state index in [2.05, 4.69) is 28.0 Å². The van der Waals surface area contributed by atoms with Crippen LogP contribution in [0.3, 0.4) is 0 Å². The molecule has 0 saturated carbocycles. The Morgan fingerprint density at radius 1 is 1.17 bits per heavy atom. The van der Waals surface area contributed by atoms with Gasteiger partial charge >= 0.3 is 6.09 Å². The Kier molecular flexibility index (Phi) is 4.21. The van der Waals surface area contributed by atoms with E-state index in [1.54, 1.807) is 4.90 Å². The van der Waals surface area contributed by atoms with Crippen molar-refractivity contribution in [3.8, 4) is 0 Å². The molecule has 2 atom stereocenters. The molecule has 132 valence electrons. The van der Waals surface area contributed by atoms with Crippen molar-refractivity contribution in [2.45, 2.75) is 51.9 Å². The van der Waals surface area contributed by atoms with Gasteiger partial charge in [0.1, 0.15) is 5.60 Å². The van der Waals surface area contributed by atoms with Crippen LogP contribution >= 0.6 is 0 Å². The lowest BCUT2D eigenvalue weighted by Gasteiger charge is -2.24. The van der Waals surface area contributed by atoms with Crippen LogP contribution in [0.25, 0.3) is 0 Å². The van der Waals surface area contributed by atoms with Crippen molar-refractivity contribution in [2.75, 3.05) is 26.0 Å². The predicted molar refractivity (Wildman–Crippen MR) is 92.7 cm³/mol. The minimum absolute atomic E-state index is 0.0846. The topological polar surface area (TPSA) is 48.5 Å². The van der Waals surface area contributed by atoms with Gasteiger partial charge in [0.25, 0.3) is 0 Å². The van der Waals surface area contributed by atoms with Crippen LogP contribution in [0.2, 0.25) is 0 Å². The van der Waals surface area contributed by atoms with Gasteiger partial charge in [0.2, 0.25) is 0 Å². The molecule has 2 aliphatic heterocycles. The SMILES string of the molecule is CN(C)C1OC1N(C)c1ccc2c(c1)CN(C(=O)OC(C)(C)C)C2. The number of rotatable bonds is 3. The number of hydrogen-bond acceptors (Lipinski definition) is 5. The normalized spacial score (nSPS) is 22.5. The molecular weight excluding hydrogens is 306 g/mol. The number of fused-ring (bicyclic) bond motifs is 1. The zero-order valence-corrected chi connectivity index (χ0v) is 15.4. The first-order valence-electron chi connectivity index (χ1n) is 8.30. The van der Waals surface area contributed by atoms with Crippen LogP contribution in [-0.4, -0.2) is 55.1 Å². The molecule has 2 heterocycles. The van der Waals surface area contributed by atoms with Crippen molar-refractivity contribution in [2.24, 2.45) is 0 Å². The second-order valence-electron chi connectivity index (χ2n) is 7.78. The molecule has 0 bridgehead atoms. The molecule has 0 aliphatic carbocycles. The molecule has 0 spiro atoms. The number of hydrogen-bond donors (Lipinski definition) is 0. The molecule has 2 aliphatic rings. The highest BCUT2D eigenvalue weighted by Gasteiger charge is 2.44. The standard InChI is InChI=1S/C18H27N3O3/c1-18(2,3)24-17(22)21-10-12-7-8-14(9-13(12)11-21)20(6)16-15(23-16)19(4)5/h7-9,15-16H,10-11H2,1-6H3. The van der Waals surface area contributed by atoms with Crippen LogP contribution in [0.4, 0.5) is 10.5 Å². The first-order chi connectivity index (χ1) is 11.2. The summed E-state index contributed by atoms with van der Waals surface area (Å²) in [6.45, 7) is 6.86. The lowest BCUT2D eigenvalue weighted by Crippen LogP contribution is -2.33. The first kappa shape index (κ1) is 17.0. The van der Waals surface area contributed by atoms with Crippen molar-refractivity contribution in [3.63, 3.8) is 0 Å². The average Bonchev–Trinajstić information content (AvgIpc) is 3.16. The summed E-state index contributed by atoms with van der Waals surface area (Å²) < 4.78 is 11.2. The lowest BCUT2D eigenvalue weighted by atomic mass is 10.1. The molecule has 1 saturated heterocycles. The van der Waals surface area contributed by atoms with E-state index in [9.17, 15) is 4.79 Å². The number of benzene rings is 1. The fraction of sp³-hybridized carbons (Fsp3) is 0.611. The van der Waals surface area contributed by atoms with E-state index in [-0.39, 0.29) is 18.5 Å². The second kappa shape index (κ2) is 5.93. The van der Waals surface area contributed by atoms with Gasteiger partial charge in [-0.1, -0.05) is 6.07 Å². The Morgan fingerprint density at radius 2 is 1.83 bits per heavy atom. The summed E-state index contributed by atoms with van der Waals surface area (Å²) in [6, 6.07) is 6.33. The zero-order chi connectivity index (χ0) is 17.6. The maximum Gasteiger partial charge on any atom is 0.410 e. The van der Waals surface area contributed by atoms with Gasteiger partial charge in [-0.15, -0.1) is 0 Å². The summed E-state index contributed by atoms with van der Waals surface area (Å²) in [5.74, 6) is 0. The van der Waals surface area contributed by atoms with E-state index < -0.39 is 5.60 Å². The number of nitrogens with zero attached hydrogens (tertiary/aromatic N) is 3. The van der Waals surface area contributed by atoms with E-state index >= 15 is 0 Å². The third kappa shape index (κ3) is 3.49. The highest BCUT2D eigenvalue weighted by molar-refractivity contribution is 5.69. The molecule has 1 aromatic carbocycles. The number of anilines is 1. The minimum Gasteiger partial charge on any atom is -0.444 e. The molecule has 0 radical (unpaired) electrons. The van der Waals surface area contributed by atoms with Crippen LogP contribution in [0.1, 0.15) is 31.9 Å². The summed E-state index contributed by atoms with van der Waals surface area (Å²) >= 11 is 0. The summed E-state index contributed by atoms with van der Waals surface area (Å²) in [5.41, 5.74) is 2.99. The summed E-state index contributed by atoms with van der Waals surface area (Å²) in [7, 11) is 6.07. The highest BCUT2D eigenvalue weighted by Crippen LogP contribution is 2.33. The highest BCUT2D eigenvalue weighted by atomic mass is 16.6. The summed E-state index contributed by atoms with van der Waals surface area (Å²) in [4.78, 5) is 18.2. The van der Waals surface area contributed by atoms with Gasteiger partial charge in [-0.05, 0) is 58.1 Å². The first-order valence-corrected chi connectivity index (χ1v) is 8.30. The van der Waals surface area contributed by atoms with Gasteiger partial charge in [-0.3, -0.25) is 9.80 Å². The van der Waals surface area contributed by atoms with Gasteiger partial charge in [-0.25, -0.2) is 4.79 Å². The number of ether oxygens (including phenoxy) is 2. The Hall–Kier alpha value is -1.79. The number of amides is 1. The molecule has 2 unspecified atom stereocenters. The third-order valence-corrected chi connectivity index (χ3v) is 4.31. The van der Waals surface area contributed by atoms with Crippen molar-refractivity contribution in [3.05, 3.63) is 29.3 Å². The average molecular weight is 333 g/mol. The van der Waals surface area contributed by atoms with Gasteiger partial charge in [-0.2, -0.15) is 0 Å². The molecule has 24 heavy (non-hydrogen) atoms. The number of carbonyl (C=O) groups is 1. The molecule has 1 fully saturated rings. The largest absolute Gasteiger partial charge is 0.444 e. The van der Waals surface area contributed by atoms with Gasteiger partial charge < -0.3 is 14.4 Å². The molecule has 0 N–H and O–H groups in total. The Balaban J connectivity index is 1.67. The smallest absolute Gasteiger partial charge is 0.410 e. The van der Waals surface area contributed by atoms with Crippen molar-refractivity contribution in [1.82, 2.24) is 9.80 Å². The number of epoxide rings is 1. The van der Waals surface area contributed by atoms with Gasteiger partial charge in [0.05, 0.1) is 0 Å². The lowest BCUT2D eigenvalue weighted by molar-refractivity contribution is 0.0242. The van der Waals surface area contributed by atoms with Gasteiger partial charge in [0.15, 0.2) is 12.5 Å². The van der Waals surface area contributed by atoms with E-state index in [1.165, 1.54) is 11.1 Å². The quantitative estimate of drug-likeness (QED) is 0.796. The monoisotopic (exact) mass is 333 g/mol. The van der Waals surface area contributed by atoms with Crippen LogP contribution < -0.4 is 4.90 Å². The third-order valence-electron chi connectivity index (χ3n) is 4.31. The predicted octanol–water partition coefficient (Wildman–Crippen LogP) is 2.62. The van der Waals surface area contributed by atoms with Crippen molar-refractivity contribution >= 4 is 11.8 Å². The summed E-state index contributed by atoms with van der Waals surface area (Å²) in [5, 5.41) is 0. The molecule has 6 nitrogen and oxygen atoms in total. The van der Waals surface area contributed by atoms with E-state index in [4.69, 9.17) is 9.47 Å². The molecule has 0 aromatic heterocycles. The Labute approximate surface area is 143 Å². The van der Waals surface area contributed by atoms with Gasteiger partial charge in [0, 0.05) is 25.8 Å². The Bertz CT molecular complexity index is 639. The van der Waals surface area contributed by atoms with Crippen LogP contribution in [-0.2, 0) is 22.6 Å². The maximum absolute atomic E-state index is 12.3. The van der Waals surface area contributed by atoms with Crippen LogP contribution in [0.5, 0.6) is 0 Å². The summed E-state index contributed by atoms with van der Waals surface area (Å²) in [6.07, 6.45) is -0.0327. The molecule has 1 aromatic rings. The minimum atomic E-state index is -0.470. The molecular formula is C18H27N3O3. The zero-order valence-electron chi connectivity index (χ0n) is 15.4. The van der Waals surface area contributed by atoms with Crippen molar-refractivity contribution < 1.29 is 14.3 Å².